The van der Waals surface area contributed by atoms with Gasteiger partial charge in [-0.05, 0) is 44.4 Å². The minimum Gasteiger partial charge on any atom is -0.495 e. The third-order valence-corrected chi connectivity index (χ3v) is 3.39. The molecule has 0 bridgehead atoms. The van der Waals surface area contributed by atoms with Gasteiger partial charge in [-0.2, -0.15) is 4.98 Å². The molecule has 0 aliphatic heterocycles. The van der Waals surface area contributed by atoms with E-state index in [1.165, 1.54) is 12.8 Å². The minimum atomic E-state index is 0.570. The number of nitrogens with one attached hydrogen (secondary N) is 2. The van der Waals surface area contributed by atoms with E-state index in [0.29, 0.717) is 12.0 Å². The molecule has 1 aliphatic carbocycles. The maximum atomic E-state index is 5.37. The summed E-state index contributed by atoms with van der Waals surface area (Å²) in [6.45, 7) is 4.01. The Morgan fingerprint density at radius 1 is 1.14 bits per heavy atom. The first-order valence-electron chi connectivity index (χ1n) is 7.18. The van der Waals surface area contributed by atoms with Crippen LogP contribution in [0.4, 0.5) is 17.5 Å². The first-order valence-corrected chi connectivity index (χ1v) is 7.18. The van der Waals surface area contributed by atoms with Crippen molar-refractivity contribution >= 4 is 17.5 Å². The van der Waals surface area contributed by atoms with Crippen molar-refractivity contribution in [3.63, 3.8) is 0 Å². The van der Waals surface area contributed by atoms with Gasteiger partial charge in [-0.15, -0.1) is 0 Å². The number of aromatic nitrogens is 2. The zero-order chi connectivity index (χ0) is 14.8. The lowest BCUT2D eigenvalue weighted by Gasteiger charge is -2.12. The second-order valence-corrected chi connectivity index (χ2v) is 5.47. The van der Waals surface area contributed by atoms with E-state index in [1.54, 1.807) is 7.11 Å². The van der Waals surface area contributed by atoms with Crippen molar-refractivity contribution in [3.8, 4) is 5.75 Å². The standard InChI is InChI=1S/C16H20N4O/c1-10-4-7-14(21-3)13(8-10)19-16-17-11(2)9-15(20-16)18-12-5-6-12/h4,7-9,12H,5-6H2,1-3H3,(H2,17,18,19,20). The summed E-state index contributed by atoms with van der Waals surface area (Å²) in [4.78, 5) is 8.97. The van der Waals surface area contributed by atoms with E-state index in [-0.39, 0.29) is 0 Å². The van der Waals surface area contributed by atoms with Gasteiger partial charge in [0, 0.05) is 17.8 Å². The molecule has 21 heavy (non-hydrogen) atoms. The number of benzene rings is 1. The smallest absolute Gasteiger partial charge is 0.229 e. The Balaban J connectivity index is 1.86. The molecule has 0 amide bonds. The molecule has 1 aliphatic rings. The number of aryl methyl sites for hydroxylation is 2. The van der Waals surface area contributed by atoms with E-state index in [9.17, 15) is 0 Å². The summed E-state index contributed by atoms with van der Waals surface area (Å²) in [6.07, 6.45) is 2.44. The normalized spacial score (nSPS) is 13.9. The van der Waals surface area contributed by atoms with Gasteiger partial charge < -0.3 is 15.4 Å². The molecular weight excluding hydrogens is 264 g/mol. The van der Waals surface area contributed by atoms with Gasteiger partial charge >= 0.3 is 0 Å². The van der Waals surface area contributed by atoms with Gasteiger partial charge in [-0.25, -0.2) is 4.98 Å². The Labute approximate surface area is 124 Å². The van der Waals surface area contributed by atoms with Crippen LogP contribution in [0.5, 0.6) is 5.75 Å². The molecule has 1 fully saturated rings. The van der Waals surface area contributed by atoms with E-state index in [1.807, 2.05) is 38.1 Å². The Bertz CT molecular complexity index is 653. The zero-order valence-electron chi connectivity index (χ0n) is 12.6. The molecule has 5 heteroatoms. The monoisotopic (exact) mass is 284 g/mol. The highest BCUT2D eigenvalue weighted by Gasteiger charge is 2.21. The highest BCUT2D eigenvalue weighted by atomic mass is 16.5. The average molecular weight is 284 g/mol. The molecular formula is C16H20N4O. The van der Waals surface area contributed by atoms with Crippen LogP contribution in [0.25, 0.3) is 0 Å². The number of anilines is 3. The number of nitrogens with zero attached hydrogens (tertiary/aromatic N) is 2. The van der Waals surface area contributed by atoms with Crippen LogP contribution in [0, 0.1) is 13.8 Å². The number of hydrogen-bond acceptors (Lipinski definition) is 5. The van der Waals surface area contributed by atoms with E-state index in [2.05, 4.69) is 20.6 Å². The maximum absolute atomic E-state index is 5.37. The third-order valence-electron chi connectivity index (χ3n) is 3.39. The fraction of sp³-hybridized carbons (Fsp3) is 0.375. The Morgan fingerprint density at radius 2 is 1.95 bits per heavy atom. The van der Waals surface area contributed by atoms with Gasteiger partial charge in [0.05, 0.1) is 12.8 Å². The van der Waals surface area contributed by atoms with Crippen molar-refractivity contribution in [1.82, 2.24) is 9.97 Å². The number of ether oxygens (including phenoxy) is 1. The molecule has 0 spiro atoms. The molecule has 1 saturated carbocycles. The molecule has 0 atom stereocenters. The molecule has 0 radical (unpaired) electrons. The van der Waals surface area contributed by atoms with Gasteiger partial charge in [-0.3, -0.25) is 0 Å². The van der Waals surface area contributed by atoms with Crippen LogP contribution in [0.1, 0.15) is 24.1 Å². The lowest BCUT2D eigenvalue weighted by Crippen LogP contribution is -2.07. The van der Waals surface area contributed by atoms with E-state index in [0.717, 1.165) is 28.5 Å². The first-order chi connectivity index (χ1) is 10.1. The first kappa shape index (κ1) is 13.7. The van der Waals surface area contributed by atoms with Crippen molar-refractivity contribution in [2.24, 2.45) is 0 Å². The average Bonchev–Trinajstić information content (AvgIpc) is 3.22. The summed E-state index contributed by atoms with van der Waals surface area (Å²) in [5.41, 5.74) is 2.96. The van der Waals surface area contributed by atoms with Gasteiger partial charge in [0.2, 0.25) is 5.95 Å². The Hall–Kier alpha value is -2.30. The Kier molecular flexibility index (Phi) is 3.64. The fourth-order valence-corrected chi connectivity index (χ4v) is 2.18. The maximum Gasteiger partial charge on any atom is 0.229 e. The minimum absolute atomic E-state index is 0.570. The van der Waals surface area contributed by atoms with E-state index in [4.69, 9.17) is 4.74 Å². The van der Waals surface area contributed by atoms with Crippen molar-refractivity contribution in [3.05, 3.63) is 35.5 Å². The van der Waals surface area contributed by atoms with Gasteiger partial charge in [0.1, 0.15) is 11.6 Å². The van der Waals surface area contributed by atoms with Crippen molar-refractivity contribution < 1.29 is 4.74 Å². The van der Waals surface area contributed by atoms with E-state index >= 15 is 0 Å². The molecule has 2 aromatic rings. The summed E-state index contributed by atoms with van der Waals surface area (Å²) in [5, 5.41) is 6.65. The molecule has 0 unspecified atom stereocenters. The van der Waals surface area contributed by atoms with Crippen LogP contribution in [-0.4, -0.2) is 23.1 Å². The molecule has 1 heterocycles. The van der Waals surface area contributed by atoms with Crippen LogP contribution in [0.3, 0.4) is 0 Å². The van der Waals surface area contributed by atoms with Gasteiger partial charge in [0.15, 0.2) is 0 Å². The van der Waals surface area contributed by atoms with Crippen molar-refractivity contribution in [1.29, 1.82) is 0 Å². The lowest BCUT2D eigenvalue weighted by molar-refractivity contribution is 0.416. The predicted octanol–water partition coefficient (Wildman–Crippen LogP) is 3.42. The molecule has 1 aromatic heterocycles. The molecule has 3 rings (SSSR count). The molecule has 110 valence electrons. The van der Waals surface area contributed by atoms with E-state index < -0.39 is 0 Å². The topological polar surface area (TPSA) is 59.1 Å². The summed E-state index contributed by atoms with van der Waals surface area (Å²) in [7, 11) is 1.66. The summed E-state index contributed by atoms with van der Waals surface area (Å²) in [5.74, 6) is 2.24. The fourth-order valence-electron chi connectivity index (χ4n) is 2.18. The van der Waals surface area contributed by atoms with Crippen LogP contribution in [-0.2, 0) is 0 Å². The van der Waals surface area contributed by atoms with Gasteiger partial charge in [0.25, 0.3) is 0 Å². The molecule has 5 nitrogen and oxygen atoms in total. The van der Waals surface area contributed by atoms with Crippen LogP contribution >= 0.6 is 0 Å². The van der Waals surface area contributed by atoms with Crippen LogP contribution in [0.15, 0.2) is 24.3 Å². The Morgan fingerprint density at radius 3 is 2.67 bits per heavy atom. The lowest BCUT2D eigenvalue weighted by atomic mass is 10.2. The highest BCUT2D eigenvalue weighted by molar-refractivity contribution is 5.64. The number of methoxy groups -OCH3 is 1. The van der Waals surface area contributed by atoms with Gasteiger partial charge in [-0.1, -0.05) is 6.07 Å². The molecule has 1 aromatic carbocycles. The number of rotatable bonds is 5. The summed E-state index contributed by atoms with van der Waals surface area (Å²) < 4.78 is 5.37. The second-order valence-electron chi connectivity index (χ2n) is 5.47. The zero-order valence-corrected chi connectivity index (χ0v) is 12.6. The van der Waals surface area contributed by atoms with Crippen LogP contribution in [0.2, 0.25) is 0 Å². The SMILES string of the molecule is COc1ccc(C)cc1Nc1nc(C)cc(NC2CC2)n1. The number of hydrogen-bond donors (Lipinski definition) is 2. The van der Waals surface area contributed by atoms with Crippen molar-refractivity contribution in [2.75, 3.05) is 17.7 Å². The third kappa shape index (κ3) is 3.42. The largest absolute Gasteiger partial charge is 0.495 e. The second kappa shape index (κ2) is 5.60. The summed E-state index contributed by atoms with van der Waals surface area (Å²) in [6, 6.07) is 8.52. The molecule has 2 N–H and O–H groups in total. The quantitative estimate of drug-likeness (QED) is 0.881. The van der Waals surface area contributed by atoms with Crippen LogP contribution < -0.4 is 15.4 Å². The molecule has 0 saturated heterocycles. The highest BCUT2D eigenvalue weighted by Crippen LogP contribution is 2.29. The predicted molar refractivity (Wildman–Crippen MR) is 84.4 cm³/mol. The van der Waals surface area contributed by atoms with Crippen molar-refractivity contribution in [2.45, 2.75) is 32.7 Å². The summed E-state index contributed by atoms with van der Waals surface area (Å²) >= 11 is 0.